The van der Waals surface area contributed by atoms with Crippen molar-refractivity contribution in [3.63, 3.8) is 0 Å². The Balaban J connectivity index is 1.76. The van der Waals surface area contributed by atoms with Crippen LogP contribution in [0.1, 0.15) is 38.2 Å². The molecule has 0 aliphatic heterocycles. The first kappa shape index (κ1) is 13.9. The summed E-state index contributed by atoms with van der Waals surface area (Å²) in [5.41, 5.74) is 6.02. The van der Waals surface area contributed by atoms with Gasteiger partial charge in [-0.25, -0.2) is 4.79 Å². The predicted molar refractivity (Wildman–Crippen MR) is 74.6 cm³/mol. The molecule has 0 bridgehead atoms. The maximum absolute atomic E-state index is 10.8. The maximum Gasteiger partial charge on any atom is 0.405 e. The van der Waals surface area contributed by atoms with Crippen LogP contribution in [0.25, 0.3) is 0 Å². The van der Waals surface area contributed by atoms with Gasteiger partial charge in [0, 0.05) is 12.6 Å². The molecular formula is C15H22N2O2. The topological polar surface area (TPSA) is 64.3 Å². The summed E-state index contributed by atoms with van der Waals surface area (Å²) in [6.45, 7) is 2.85. The molecule has 0 unspecified atom stereocenters. The Bertz CT molecular complexity index is 411. The lowest BCUT2D eigenvalue weighted by Crippen LogP contribution is -2.43. The van der Waals surface area contributed by atoms with Gasteiger partial charge in [0.15, 0.2) is 0 Å². The van der Waals surface area contributed by atoms with Crippen molar-refractivity contribution >= 4 is 6.09 Å². The first-order valence-corrected chi connectivity index (χ1v) is 6.83. The summed E-state index contributed by atoms with van der Waals surface area (Å²) in [7, 11) is 0. The molecule has 0 saturated heterocycles. The Kier molecular flexibility index (Phi) is 4.43. The number of primary amides is 1. The minimum Gasteiger partial charge on any atom is -0.443 e. The molecule has 1 aliphatic rings. The second-order valence-corrected chi connectivity index (χ2v) is 5.51. The molecule has 0 atom stereocenters. The highest BCUT2D eigenvalue weighted by Gasteiger charge is 2.33. The van der Waals surface area contributed by atoms with Crippen LogP contribution in [-0.2, 0) is 11.3 Å². The summed E-state index contributed by atoms with van der Waals surface area (Å²) in [5, 5.41) is 3.56. The number of ether oxygens (including phenoxy) is 1. The normalized spacial score (nSPS) is 26.9. The van der Waals surface area contributed by atoms with Gasteiger partial charge in [0.05, 0.1) is 0 Å². The molecule has 0 spiro atoms. The Morgan fingerprint density at radius 1 is 1.37 bits per heavy atom. The van der Waals surface area contributed by atoms with E-state index in [1.54, 1.807) is 0 Å². The van der Waals surface area contributed by atoms with Gasteiger partial charge in [-0.15, -0.1) is 0 Å². The zero-order valence-electron chi connectivity index (χ0n) is 11.4. The van der Waals surface area contributed by atoms with Gasteiger partial charge in [-0.2, -0.15) is 0 Å². The van der Waals surface area contributed by atoms with Crippen LogP contribution >= 0.6 is 0 Å². The van der Waals surface area contributed by atoms with Crippen molar-refractivity contribution < 1.29 is 9.53 Å². The van der Waals surface area contributed by atoms with Crippen molar-refractivity contribution in [2.45, 2.75) is 50.8 Å². The van der Waals surface area contributed by atoms with Crippen LogP contribution in [-0.4, -0.2) is 17.7 Å². The van der Waals surface area contributed by atoms with E-state index in [4.69, 9.17) is 10.5 Å². The number of nitrogens with two attached hydrogens (primary N) is 1. The summed E-state index contributed by atoms with van der Waals surface area (Å²) < 4.78 is 5.20. The largest absolute Gasteiger partial charge is 0.443 e. The van der Waals surface area contributed by atoms with Gasteiger partial charge < -0.3 is 15.8 Å². The van der Waals surface area contributed by atoms with Crippen LogP contribution in [0, 0.1) is 0 Å². The zero-order valence-corrected chi connectivity index (χ0v) is 11.4. The molecule has 4 nitrogen and oxygen atoms in total. The Hall–Kier alpha value is -1.55. The SMILES string of the molecule is CC1(OC(N)=O)CCC(NCc2ccccc2)CC1. The number of rotatable bonds is 4. The molecule has 4 heteroatoms. The molecule has 0 radical (unpaired) electrons. The molecule has 0 aromatic heterocycles. The van der Waals surface area contributed by atoms with Crippen molar-refractivity contribution in [2.24, 2.45) is 5.73 Å². The molecule has 1 aromatic rings. The number of nitrogens with one attached hydrogen (secondary N) is 1. The van der Waals surface area contributed by atoms with Gasteiger partial charge in [0.1, 0.15) is 5.60 Å². The number of carbonyl (C=O) groups excluding carboxylic acids is 1. The molecule has 0 heterocycles. The molecular weight excluding hydrogens is 240 g/mol. The number of hydrogen-bond donors (Lipinski definition) is 2. The van der Waals surface area contributed by atoms with Gasteiger partial charge >= 0.3 is 6.09 Å². The van der Waals surface area contributed by atoms with E-state index in [-0.39, 0.29) is 5.60 Å². The van der Waals surface area contributed by atoms with E-state index in [0.717, 1.165) is 32.2 Å². The third kappa shape index (κ3) is 4.24. The van der Waals surface area contributed by atoms with Crippen molar-refractivity contribution in [1.29, 1.82) is 0 Å². The molecule has 19 heavy (non-hydrogen) atoms. The zero-order chi connectivity index (χ0) is 13.7. The van der Waals surface area contributed by atoms with E-state index >= 15 is 0 Å². The average Bonchev–Trinajstić information content (AvgIpc) is 2.38. The van der Waals surface area contributed by atoms with Crippen molar-refractivity contribution in [1.82, 2.24) is 5.32 Å². The molecule has 104 valence electrons. The van der Waals surface area contributed by atoms with Crippen molar-refractivity contribution in [3.8, 4) is 0 Å². The molecule has 3 N–H and O–H groups in total. The number of benzene rings is 1. The van der Waals surface area contributed by atoms with E-state index in [1.807, 2.05) is 13.0 Å². The minimum absolute atomic E-state index is 0.378. The monoisotopic (exact) mass is 262 g/mol. The Morgan fingerprint density at radius 3 is 2.58 bits per heavy atom. The fourth-order valence-corrected chi connectivity index (χ4v) is 2.64. The summed E-state index contributed by atoms with van der Waals surface area (Å²) >= 11 is 0. The lowest BCUT2D eigenvalue weighted by molar-refractivity contribution is -0.00337. The third-order valence-electron chi connectivity index (χ3n) is 3.83. The van der Waals surface area contributed by atoms with E-state index in [9.17, 15) is 4.79 Å². The van der Waals surface area contributed by atoms with Crippen LogP contribution in [0.2, 0.25) is 0 Å². The van der Waals surface area contributed by atoms with Crippen molar-refractivity contribution in [3.05, 3.63) is 35.9 Å². The van der Waals surface area contributed by atoms with Crippen LogP contribution in [0.15, 0.2) is 30.3 Å². The molecule has 1 saturated carbocycles. The van der Waals surface area contributed by atoms with E-state index < -0.39 is 6.09 Å². The average molecular weight is 262 g/mol. The number of amides is 1. The predicted octanol–water partition coefficient (Wildman–Crippen LogP) is 2.57. The van der Waals surface area contributed by atoms with Gasteiger partial charge in [-0.3, -0.25) is 0 Å². The van der Waals surface area contributed by atoms with Crippen LogP contribution in [0.5, 0.6) is 0 Å². The summed E-state index contributed by atoms with van der Waals surface area (Å²) in [4.78, 5) is 10.8. The first-order valence-electron chi connectivity index (χ1n) is 6.83. The molecule has 1 amide bonds. The second kappa shape index (κ2) is 6.06. The second-order valence-electron chi connectivity index (χ2n) is 5.51. The summed E-state index contributed by atoms with van der Waals surface area (Å²) in [6.07, 6.45) is 3.08. The third-order valence-corrected chi connectivity index (χ3v) is 3.83. The first-order chi connectivity index (χ1) is 9.07. The van der Waals surface area contributed by atoms with Crippen LogP contribution in [0.3, 0.4) is 0 Å². The fourth-order valence-electron chi connectivity index (χ4n) is 2.64. The highest BCUT2D eigenvalue weighted by molar-refractivity contribution is 5.65. The number of hydrogen-bond acceptors (Lipinski definition) is 3. The molecule has 2 rings (SSSR count). The van der Waals surface area contributed by atoms with Gasteiger partial charge in [-0.05, 0) is 38.2 Å². The van der Waals surface area contributed by atoms with Crippen LogP contribution in [0.4, 0.5) is 4.79 Å². The van der Waals surface area contributed by atoms with E-state index in [0.29, 0.717) is 6.04 Å². The summed E-state index contributed by atoms with van der Waals surface area (Å²) in [6, 6.07) is 10.9. The molecule has 1 aromatic carbocycles. The van der Waals surface area contributed by atoms with E-state index in [2.05, 4.69) is 29.6 Å². The Morgan fingerprint density at radius 2 is 2.00 bits per heavy atom. The van der Waals surface area contributed by atoms with Gasteiger partial charge in [0.25, 0.3) is 0 Å². The summed E-state index contributed by atoms with van der Waals surface area (Å²) in [5.74, 6) is 0. The smallest absolute Gasteiger partial charge is 0.405 e. The highest BCUT2D eigenvalue weighted by Crippen LogP contribution is 2.31. The number of carbonyl (C=O) groups is 1. The van der Waals surface area contributed by atoms with Crippen molar-refractivity contribution in [2.75, 3.05) is 0 Å². The lowest BCUT2D eigenvalue weighted by Gasteiger charge is -2.36. The minimum atomic E-state index is -0.668. The molecule has 1 fully saturated rings. The standard InChI is InChI=1S/C15H22N2O2/c1-15(19-14(16)18)9-7-13(8-10-15)17-11-12-5-3-2-4-6-12/h2-6,13,17H,7-11H2,1H3,(H2,16,18). The van der Waals surface area contributed by atoms with Crippen LogP contribution < -0.4 is 11.1 Å². The quantitative estimate of drug-likeness (QED) is 0.876. The lowest BCUT2D eigenvalue weighted by atomic mass is 9.83. The Labute approximate surface area is 114 Å². The van der Waals surface area contributed by atoms with Gasteiger partial charge in [0.2, 0.25) is 0 Å². The fraction of sp³-hybridized carbons (Fsp3) is 0.533. The van der Waals surface area contributed by atoms with Gasteiger partial charge in [-0.1, -0.05) is 30.3 Å². The maximum atomic E-state index is 10.8. The molecule has 1 aliphatic carbocycles. The van der Waals surface area contributed by atoms with E-state index in [1.165, 1.54) is 5.56 Å². The highest BCUT2D eigenvalue weighted by atomic mass is 16.6.